The Balaban J connectivity index is 3.08. The zero-order chi connectivity index (χ0) is 14.8. The summed E-state index contributed by atoms with van der Waals surface area (Å²) in [6, 6.07) is -1.52. The first-order valence-electron chi connectivity index (χ1n) is 5.32. The van der Waals surface area contributed by atoms with Gasteiger partial charge in [-0.25, -0.2) is 8.42 Å². The largest absolute Gasteiger partial charge is 0.480 e. The Labute approximate surface area is 109 Å². The molecule has 19 heavy (non-hydrogen) atoms. The molecule has 1 aromatic rings. The zero-order valence-electron chi connectivity index (χ0n) is 10.6. The zero-order valence-corrected chi connectivity index (χ0v) is 11.4. The molecule has 0 bridgehead atoms. The molecule has 1 heterocycles. The molecule has 2 N–H and O–H groups in total. The maximum absolute atomic E-state index is 12.0. The van der Waals surface area contributed by atoms with Gasteiger partial charge in [-0.1, -0.05) is 5.16 Å². The van der Waals surface area contributed by atoms with E-state index >= 15 is 0 Å². The van der Waals surface area contributed by atoms with Crippen LogP contribution >= 0.6 is 0 Å². The van der Waals surface area contributed by atoms with Gasteiger partial charge in [0.15, 0.2) is 5.76 Å². The third-order valence-corrected chi connectivity index (χ3v) is 4.04. The molecule has 0 aliphatic heterocycles. The van der Waals surface area contributed by atoms with Gasteiger partial charge in [0.1, 0.15) is 22.4 Å². The summed E-state index contributed by atoms with van der Waals surface area (Å²) in [4.78, 5) is 21.7. The first kappa shape index (κ1) is 15.3. The van der Waals surface area contributed by atoms with Gasteiger partial charge in [-0.05, 0) is 20.8 Å². The Kier molecular flexibility index (Phi) is 4.43. The van der Waals surface area contributed by atoms with E-state index in [1.807, 2.05) is 4.72 Å². The second-order valence-electron chi connectivity index (χ2n) is 4.07. The summed E-state index contributed by atoms with van der Waals surface area (Å²) in [6.45, 7) is 4.00. The molecule has 0 aliphatic carbocycles. The van der Waals surface area contributed by atoms with Gasteiger partial charge in [-0.15, -0.1) is 0 Å². The predicted molar refractivity (Wildman–Crippen MR) is 63.0 cm³/mol. The summed E-state index contributed by atoms with van der Waals surface area (Å²) in [5, 5.41) is 12.4. The molecule has 0 spiro atoms. The van der Waals surface area contributed by atoms with Gasteiger partial charge in [0, 0.05) is 6.42 Å². The minimum Gasteiger partial charge on any atom is -0.480 e. The van der Waals surface area contributed by atoms with Crippen molar-refractivity contribution in [3.8, 4) is 0 Å². The molecule has 0 saturated heterocycles. The average Bonchev–Trinajstić information content (AvgIpc) is 2.56. The van der Waals surface area contributed by atoms with Crippen LogP contribution in [0.1, 0.15) is 24.8 Å². The minimum absolute atomic E-state index is 0.0527. The minimum atomic E-state index is -4.11. The maximum Gasteiger partial charge on any atom is 0.322 e. The molecule has 0 radical (unpaired) electrons. The lowest BCUT2D eigenvalue weighted by Gasteiger charge is -2.12. The molecular formula is C10H14N2O6S. The van der Waals surface area contributed by atoms with E-state index in [0.29, 0.717) is 0 Å². The molecule has 0 fully saturated rings. The van der Waals surface area contributed by atoms with Crippen LogP contribution in [0.5, 0.6) is 0 Å². The number of aromatic nitrogens is 1. The van der Waals surface area contributed by atoms with Crippen molar-refractivity contribution in [2.75, 3.05) is 0 Å². The molecule has 1 atom stereocenters. The number of nitrogens with one attached hydrogen (secondary N) is 1. The lowest BCUT2D eigenvalue weighted by atomic mass is 10.2. The molecule has 0 aromatic carbocycles. The molecule has 0 amide bonds. The van der Waals surface area contributed by atoms with Gasteiger partial charge in [0.2, 0.25) is 10.0 Å². The summed E-state index contributed by atoms with van der Waals surface area (Å²) < 4.78 is 30.8. The molecule has 8 nitrogen and oxygen atoms in total. The maximum atomic E-state index is 12.0. The summed E-state index contributed by atoms with van der Waals surface area (Å²) in [5.74, 6) is -1.81. The highest BCUT2D eigenvalue weighted by Crippen LogP contribution is 2.19. The van der Waals surface area contributed by atoms with E-state index in [-0.39, 0.29) is 16.3 Å². The van der Waals surface area contributed by atoms with Gasteiger partial charge >= 0.3 is 5.97 Å². The predicted octanol–water partition coefficient (Wildman–Crippen LogP) is 0.00204. The normalized spacial score (nSPS) is 13.2. The topological polar surface area (TPSA) is 127 Å². The van der Waals surface area contributed by atoms with Crippen molar-refractivity contribution < 1.29 is 27.6 Å². The summed E-state index contributed by atoms with van der Waals surface area (Å²) >= 11 is 0. The van der Waals surface area contributed by atoms with Crippen molar-refractivity contribution in [1.82, 2.24) is 9.88 Å². The number of sulfonamides is 1. The third kappa shape index (κ3) is 3.61. The van der Waals surface area contributed by atoms with E-state index < -0.39 is 34.2 Å². The van der Waals surface area contributed by atoms with Gasteiger partial charge in [0.25, 0.3) is 0 Å². The Morgan fingerprint density at radius 2 is 2.00 bits per heavy atom. The van der Waals surface area contributed by atoms with Crippen molar-refractivity contribution in [2.45, 2.75) is 38.1 Å². The fraction of sp³-hybridized carbons (Fsp3) is 0.500. The number of hydrogen-bond acceptors (Lipinski definition) is 6. The Bertz CT molecular complexity index is 584. The average molecular weight is 290 g/mol. The van der Waals surface area contributed by atoms with Crippen LogP contribution in [-0.2, 0) is 19.6 Å². The number of carbonyl (C=O) groups is 2. The summed E-state index contributed by atoms with van der Waals surface area (Å²) in [6.07, 6.45) is -0.433. The highest BCUT2D eigenvalue weighted by atomic mass is 32.2. The lowest BCUT2D eigenvalue weighted by molar-refractivity contribution is -0.140. The standard InChI is InChI=1S/C10H14N2O6S/c1-5(13)4-8(10(14)15)12-19(16,17)9-6(2)11-18-7(9)3/h8,12H,4H2,1-3H3,(H,14,15). The molecule has 0 aliphatic rings. The van der Waals surface area contributed by atoms with E-state index in [4.69, 9.17) is 9.63 Å². The van der Waals surface area contributed by atoms with E-state index in [1.165, 1.54) is 20.8 Å². The van der Waals surface area contributed by atoms with Crippen molar-refractivity contribution in [2.24, 2.45) is 0 Å². The molecular weight excluding hydrogens is 276 g/mol. The number of aryl methyl sites for hydroxylation is 2. The van der Waals surface area contributed by atoms with Gasteiger partial charge in [-0.3, -0.25) is 9.59 Å². The van der Waals surface area contributed by atoms with Crippen LogP contribution in [0.3, 0.4) is 0 Å². The van der Waals surface area contributed by atoms with Crippen LogP contribution < -0.4 is 4.72 Å². The number of aliphatic carboxylic acids is 1. The highest BCUT2D eigenvalue weighted by molar-refractivity contribution is 7.89. The highest BCUT2D eigenvalue weighted by Gasteiger charge is 2.30. The quantitative estimate of drug-likeness (QED) is 0.755. The van der Waals surface area contributed by atoms with Crippen LogP contribution in [0.2, 0.25) is 0 Å². The molecule has 106 valence electrons. The van der Waals surface area contributed by atoms with Crippen LogP contribution in [0.15, 0.2) is 9.42 Å². The number of carboxylic acids is 1. The van der Waals surface area contributed by atoms with Gasteiger partial charge < -0.3 is 9.63 Å². The van der Waals surface area contributed by atoms with E-state index in [9.17, 15) is 18.0 Å². The number of ketones is 1. The fourth-order valence-corrected chi connectivity index (χ4v) is 3.09. The SMILES string of the molecule is CC(=O)CC(NS(=O)(=O)c1c(C)noc1C)C(=O)O. The number of carbonyl (C=O) groups excluding carboxylic acids is 1. The van der Waals surface area contributed by atoms with E-state index in [2.05, 4.69) is 5.16 Å². The van der Waals surface area contributed by atoms with Crippen LogP contribution in [0, 0.1) is 13.8 Å². The number of carboxylic acid groups (broad SMARTS) is 1. The second-order valence-corrected chi connectivity index (χ2v) is 5.72. The van der Waals surface area contributed by atoms with Crippen molar-refractivity contribution in [3.05, 3.63) is 11.5 Å². The molecule has 1 aromatic heterocycles. The van der Waals surface area contributed by atoms with Gasteiger partial charge in [0.05, 0.1) is 0 Å². The van der Waals surface area contributed by atoms with Crippen molar-refractivity contribution in [1.29, 1.82) is 0 Å². The van der Waals surface area contributed by atoms with Gasteiger partial charge in [-0.2, -0.15) is 4.72 Å². The summed E-state index contributed by atoms with van der Waals surface area (Å²) in [7, 11) is -4.11. The van der Waals surface area contributed by atoms with E-state index in [0.717, 1.165) is 0 Å². The van der Waals surface area contributed by atoms with Crippen molar-refractivity contribution >= 4 is 21.8 Å². The monoisotopic (exact) mass is 290 g/mol. The molecule has 0 saturated carbocycles. The van der Waals surface area contributed by atoms with Crippen LogP contribution in [0.25, 0.3) is 0 Å². The molecule has 1 rings (SSSR count). The Hall–Kier alpha value is -1.74. The lowest BCUT2D eigenvalue weighted by Crippen LogP contribution is -2.42. The molecule has 9 heteroatoms. The van der Waals surface area contributed by atoms with Crippen LogP contribution in [-0.4, -0.2) is 36.5 Å². The number of hydrogen-bond donors (Lipinski definition) is 2. The smallest absolute Gasteiger partial charge is 0.322 e. The Morgan fingerprint density at radius 1 is 1.42 bits per heavy atom. The number of nitrogens with zero attached hydrogens (tertiary/aromatic N) is 1. The Morgan fingerprint density at radius 3 is 2.37 bits per heavy atom. The first-order chi connectivity index (χ1) is 8.65. The third-order valence-electron chi connectivity index (χ3n) is 2.32. The van der Waals surface area contributed by atoms with Crippen molar-refractivity contribution in [3.63, 3.8) is 0 Å². The van der Waals surface area contributed by atoms with Crippen LogP contribution in [0.4, 0.5) is 0 Å². The number of Topliss-reactive ketones (excluding diaryl/α,β-unsaturated/α-hetero) is 1. The van der Waals surface area contributed by atoms with E-state index in [1.54, 1.807) is 0 Å². The second kappa shape index (κ2) is 5.49. The summed E-state index contributed by atoms with van der Waals surface area (Å²) in [5.41, 5.74) is 0.122. The first-order valence-corrected chi connectivity index (χ1v) is 6.81. The molecule has 1 unspecified atom stereocenters. The fourth-order valence-electron chi connectivity index (χ4n) is 1.57. The number of rotatable bonds is 6.